The average molecular weight is 367 g/mol. The van der Waals surface area contributed by atoms with Crippen LogP contribution in [-0.2, 0) is 16.6 Å². The van der Waals surface area contributed by atoms with Crippen LogP contribution >= 0.6 is 34.8 Å². The van der Waals surface area contributed by atoms with Crippen molar-refractivity contribution >= 4 is 50.5 Å². The van der Waals surface area contributed by atoms with E-state index in [1.807, 2.05) is 0 Å². The van der Waals surface area contributed by atoms with Crippen molar-refractivity contribution < 1.29 is 13.5 Å². The Labute approximate surface area is 137 Å². The van der Waals surface area contributed by atoms with Crippen LogP contribution in [0.4, 0.5) is 5.69 Å². The van der Waals surface area contributed by atoms with Crippen molar-refractivity contribution in [3.8, 4) is 0 Å². The predicted molar refractivity (Wildman–Crippen MR) is 84.6 cm³/mol. The third-order valence-corrected chi connectivity index (χ3v) is 5.15. The van der Waals surface area contributed by atoms with Gasteiger partial charge in [0.15, 0.2) is 0 Å². The Balaban J connectivity index is 2.33. The van der Waals surface area contributed by atoms with Crippen molar-refractivity contribution in [2.24, 2.45) is 0 Å². The summed E-state index contributed by atoms with van der Waals surface area (Å²) >= 11 is 17.5. The van der Waals surface area contributed by atoms with E-state index < -0.39 is 10.0 Å². The Morgan fingerprint density at radius 3 is 2.24 bits per heavy atom. The van der Waals surface area contributed by atoms with Gasteiger partial charge in [0.2, 0.25) is 0 Å². The number of rotatable bonds is 4. The molecule has 21 heavy (non-hydrogen) atoms. The van der Waals surface area contributed by atoms with Crippen LogP contribution in [-0.4, -0.2) is 13.5 Å². The van der Waals surface area contributed by atoms with Crippen LogP contribution in [0.5, 0.6) is 0 Å². The molecule has 0 heterocycles. The van der Waals surface area contributed by atoms with Crippen LogP contribution in [0.1, 0.15) is 5.56 Å². The summed E-state index contributed by atoms with van der Waals surface area (Å²) in [7, 11) is -3.81. The standard InChI is InChI=1S/C13H10Cl3NO3S/c14-11-4-2-9(5-13(11)16)17-21(19,20)10-3-1-8(7-18)12(15)6-10/h1-6,17-18H,7H2. The predicted octanol–water partition coefficient (Wildman–Crippen LogP) is 3.94. The molecule has 2 N–H and O–H groups in total. The van der Waals surface area contributed by atoms with Gasteiger partial charge in [-0.15, -0.1) is 0 Å². The van der Waals surface area contributed by atoms with E-state index in [4.69, 9.17) is 39.9 Å². The maximum Gasteiger partial charge on any atom is 0.261 e. The quantitative estimate of drug-likeness (QED) is 0.861. The van der Waals surface area contributed by atoms with E-state index in [2.05, 4.69) is 4.72 Å². The van der Waals surface area contributed by atoms with Gasteiger partial charge in [-0.05, 0) is 35.9 Å². The highest BCUT2D eigenvalue weighted by atomic mass is 35.5. The second-order valence-electron chi connectivity index (χ2n) is 4.15. The number of benzene rings is 2. The van der Waals surface area contributed by atoms with Gasteiger partial charge < -0.3 is 5.11 Å². The number of aliphatic hydroxyl groups excluding tert-OH is 1. The van der Waals surface area contributed by atoms with Gasteiger partial charge in [0.05, 0.1) is 27.2 Å². The summed E-state index contributed by atoms with van der Waals surface area (Å²) in [6.45, 7) is -0.265. The van der Waals surface area contributed by atoms with E-state index in [0.29, 0.717) is 10.6 Å². The number of nitrogens with one attached hydrogen (secondary N) is 1. The third-order valence-electron chi connectivity index (χ3n) is 2.68. The molecular formula is C13H10Cl3NO3S. The first-order valence-corrected chi connectivity index (χ1v) is 8.32. The molecule has 0 aliphatic rings. The lowest BCUT2D eigenvalue weighted by Gasteiger charge is -2.10. The molecule has 0 saturated heterocycles. The molecule has 0 aliphatic carbocycles. The van der Waals surface area contributed by atoms with Crippen molar-refractivity contribution in [1.29, 1.82) is 0 Å². The van der Waals surface area contributed by atoms with E-state index in [1.54, 1.807) is 0 Å². The second kappa shape index (κ2) is 6.42. The summed E-state index contributed by atoms with van der Waals surface area (Å²) in [5.74, 6) is 0. The van der Waals surface area contributed by atoms with Crippen molar-refractivity contribution in [1.82, 2.24) is 0 Å². The molecule has 2 aromatic rings. The molecule has 2 rings (SSSR count). The highest BCUT2D eigenvalue weighted by Crippen LogP contribution is 2.27. The average Bonchev–Trinajstić information content (AvgIpc) is 2.42. The molecule has 112 valence electrons. The summed E-state index contributed by atoms with van der Waals surface area (Å²) in [4.78, 5) is -0.0178. The Hall–Kier alpha value is -0.980. The van der Waals surface area contributed by atoms with Crippen LogP contribution in [0.25, 0.3) is 0 Å². The number of halogens is 3. The number of aliphatic hydroxyl groups is 1. The van der Waals surface area contributed by atoms with Crippen LogP contribution in [0.2, 0.25) is 15.1 Å². The van der Waals surface area contributed by atoms with Crippen molar-refractivity contribution in [2.75, 3.05) is 4.72 Å². The summed E-state index contributed by atoms with van der Waals surface area (Å²) < 4.78 is 26.9. The largest absolute Gasteiger partial charge is 0.392 e. The molecule has 0 atom stereocenters. The zero-order valence-electron chi connectivity index (χ0n) is 10.5. The van der Waals surface area contributed by atoms with Gasteiger partial charge >= 0.3 is 0 Å². The minimum Gasteiger partial charge on any atom is -0.392 e. The van der Waals surface area contributed by atoms with Crippen LogP contribution in [0.15, 0.2) is 41.3 Å². The van der Waals surface area contributed by atoms with Crippen molar-refractivity contribution in [2.45, 2.75) is 11.5 Å². The molecule has 0 spiro atoms. The Kier molecular flexibility index (Phi) is 5.01. The summed E-state index contributed by atoms with van der Waals surface area (Å²) in [5.41, 5.74) is 0.733. The third kappa shape index (κ3) is 3.81. The molecule has 0 aliphatic heterocycles. The molecule has 0 fully saturated rings. The van der Waals surface area contributed by atoms with Gasteiger partial charge in [0.25, 0.3) is 10.0 Å². The van der Waals surface area contributed by atoms with E-state index in [0.717, 1.165) is 0 Å². The van der Waals surface area contributed by atoms with E-state index in [1.165, 1.54) is 36.4 Å². The molecule has 0 unspecified atom stereocenters. The van der Waals surface area contributed by atoms with Crippen LogP contribution in [0, 0.1) is 0 Å². The fraction of sp³-hybridized carbons (Fsp3) is 0.0769. The Morgan fingerprint density at radius 1 is 0.952 bits per heavy atom. The zero-order valence-corrected chi connectivity index (χ0v) is 13.6. The van der Waals surface area contributed by atoms with Gasteiger partial charge in [0.1, 0.15) is 0 Å². The first-order chi connectivity index (χ1) is 9.83. The summed E-state index contributed by atoms with van der Waals surface area (Å²) in [6, 6.07) is 8.47. The van der Waals surface area contributed by atoms with Crippen LogP contribution < -0.4 is 4.72 Å². The van der Waals surface area contributed by atoms with Gasteiger partial charge in [-0.1, -0.05) is 40.9 Å². The lowest BCUT2D eigenvalue weighted by Crippen LogP contribution is -2.13. The first-order valence-electron chi connectivity index (χ1n) is 5.70. The number of hydrogen-bond donors (Lipinski definition) is 2. The van der Waals surface area contributed by atoms with Gasteiger partial charge in [-0.3, -0.25) is 4.72 Å². The lowest BCUT2D eigenvalue weighted by molar-refractivity contribution is 0.282. The molecule has 0 aromatic heterocycles. The van der Waals surface area contributed by atoms with Gasteiger partial charge in [-0.2, -0.15) is 0 Å². The normalized spacial score (nSPS) is 11.4. The molecule has 0 saturated carbocycles. The minimum atomic E-state index is -3.81. The number of sulfonamides is 1. The first kappa shape index (κ1) is 16.4. The lowest BCUT2D eigenvalue weighted by atomic mass is 10.2. The van der Waals surface area contributed by atoms with Crippen molar-refractivity contribution in [3.63, 3.8) is 0 Å². The molecule has 2 aromatic carbocycles. The summed E-state index contributed by atoms with van der Waals surface area (Å²) in [6.07, 6.45) is 0. The van der Waals surface area contributed by atoms with E-state index >= 15 is 0 Å². The molecule has 0 radical (unpaired) electrons. The maximum absolute atomic E-state index is 12.2. The van der Waals surface area contributed by atoms with E-state index in [9.17, 15) is 8.42 Å². The zero-order chi connectivity index (χ0) is 15.6. The molecule has 8 heteroatoms. The maximum atomic E-state index is 12.2. The monoisotopic (exact) mass is 365 g/mol. The van der Waals surface area contributed by atoms with E-state index in [-0.39, 0.29) is 27.2 Å². The number of anilines is 1. The fourth-order valence-electron chi connectivity index (χ4n) is 1.60. The fourth-order valence-corrected chi connectivity index (χ4v) is 3.28. The Morgan fingerprint density at radius 2 is 1.67 bits per heavy atom. The van der Waals surface area contributed by atoms with Gasteiger partial charge in [0, 0.05) is 5.02 Å². The van der Waals surface area contributed by atoms with Crippen molar-refractivity contribution in [3.05, 3.63) is 57.0 Å². The van der Waals surface area contributed by atoms with Crippen LogP contribution in [0.3, 0.4) is 0 Å². The smallest absolute Gasteiger partial charge is 0.261 e. The molecule has 4 nitrogen and oxygen atoms in total. The SMILES string of the molecule is O=S(=O)(Nc1ccc(Cl)c(Cl)c1)c1ccc(CO)c(Cl)c1. The second-order valence-corrected chi connectivity index (χ2v) is 7.05. The van der Waals surface area contributed by atoms with Gasteiger partial charge in [-0.25, -0.2) is 8.42 Å². The highest BCUT2D eigenvalue weighted by molar-refractivity contribution is 7.92. The molecular weight excluding hydrogens is 357 g/mol. The topological polar surface area (TPSA) is 66.4 Å². The molecule has 0 bridgehead atoms. The highest BCUT2D eigenvalue weighted by Gasteiger charge is 2.16. The molecule has 0 amide bonds. The Bertz CT molecular complexity index is 778. The number of hydrogen-bond acceptors (Lipinski definition) is 3. The summed E-state index contributed by atoms with van der Waals surface area (Å²) in [5, 5.41) is 9.77. The minimum absolute atomic E-state index is 0.0178.